The lowest BCUT2D eigenvalue weighted by atomic mass is 10.1. The first-order valence-corrected chi connectivity index (χ1v) is 7.90. The first-order valence-electron chi connectivity index (χ1n) is 7.52. The molecule has 0 aliphatic rings. The maximum absolute atomic E-state index is 12.3. The third kappa shape index (κ3) is 4.89. The minimum absolute atomic E-state index is 0.0871. The summed E-state index contributed by atoms with van der Waals surface area (Å²) in [5.41, 5.74) is 1.40. The Balaban J connectivity index is 2.14. The molecule has 0 unspecified atom stereocenters. The van der Waals surface area contributed by atoms with Gasteiger partial charge in [0.1, 0.15) is 0 Å². The zero-order chi connectivity index (χ0) is 18.4. The van der Waals surface area contributed by atoms with E-state index in [4.69, 9.17) is 21.7 Å². The van der Waals surface area contributed by atoms with Gasteiger partial charge in [0, 0.05) is 17.2 Å². The lowest BCUT2D eigenvalue weighted by Crippen LogP contribution is -2.15. The van der Waals surface area contributed by atoms with Crippen molar-refractivity contribution in [1.29, 1.82) is 5.41 Å². The topological polar surface area (TPSA) is 99.5 Å². The summed E-state index contributed by atoms with van der Waals surface area (Å²) in [6.07, 6.45) is 0. The molecule has 0 heterocycles. The van der Waals surface area contributed by atoms with Crippen molar-refractivity contribution in [2.75, 3.05) is 18.5 Å². The molecule has 0 spiro atoms. The molecule has 7 heteroatoms. The van der Waals surface area contributed by atoms with Crippen molar-refractivity contribution in [3.05, 3.63) is 64.2 Å². The Kier molecular flexibility index (Phi) is 6.27. The summed E-state index contributed by atoms with van der Waals surface area (Å²) >= 11 is 5.79. The highest BCUT2D eigenvalue weighted by atomic mass is 35.5. The van der Waals surface area contributed by atoms with Gasteiger partial charge in [-0.25, -0.2) is 4.79 Å². The van der Waals surface area contributed by atoms with E-state index in [-0.39, 0.29) is 22.9 Å². The van der Waals surface area contributed by atoms with Crippen molar-refractivity contribution >= 4 is 34.9 Å². The Bertz CT molecular complexity index is 803. The largest absolute Gasteiger partial charge is 0.478 e. The highest BCUT2D eigenvalue weighted by Crippen LogP contribution is 2.21. The predicted octanol–water partition coefficient (Wildman–Crippen LogP) is 3.69. The smallest absolute Gasteiger partial charge is 0.337 e. The number of ether oxygens (including phenoxy) is 1. The summed E-state index contributed by atoms with van der Waals surface area (Å²) in [6.45, 7) is 2.58. The maximum atomic E-state index is 12.3. The van der Waals surface area contributed by atoms with E-state index in [2.05, 4.69) is 5.32 Å². The van der Waals surface area contributed by atoms with Crippen LogP contribution in [0, 0.1) is 5.41 Å². The third-order valence-electron chi connectivity index (χ3n) is 3.41. The molecule has 2 aromatic rings. The van der Waals surface area contributed by atoms with Gasteiger partial charge in [-0.2, -0.15) is 0 Å². The van der Waals surface area contributed by atoms with E-state index >= 15 is 0 Å². The molecule has 0 saturated carbocycles. The number of carbonyl (C=O) groups is 2. The molecule has 0 saturated heterocycles. The average Bonchev–Trinajstić information content (AvgIpc) is 2.61. The van der Waals surface area contributed by atoms with Crippen LogP contribution in [0.5, 0.6) is 0 Å². The van der Waals surface area contributed by atoms with Crippen molar-refractivity contribution in [2.24, 2.45) is 0 Å². The van der Waals surface area contributed by atoms with Crippen molar-refractivity contribution in [3.8, 4) is 0 Å². The molecule has 0 aliphatic carbocycles. The van der Waals surface area contributed by atoms with Crippen LogP contribution in [0.1, 0.15) is 33.2 Å². The molecule has 0 bridgehead atoms. The van der Waals surface area contributed by atoms with Gasteiger partial charge in [-0.15, -0.1) is 0 Å². The molecule has 3 N–H and O–H groups in total. The van der Waals surface area contributed by atoms with Crippen LogP contribution in [0.2, 0.25) is 5.02 Å². The van der Waals surface area contributed by atoms with E-state index in [1.807, 2.05) is 6.92 Å². The van der Waals surface area contributed by atoms with Gasteiger partial charge in [0.2, 0.25) is 0 Å². The van der Waals surface area contributed by atoms with Gasteiger partial charge in [0.05, 0.1) is 23.6 Å². The van der Waals surface area contributed by atoms with Crippen LogP contribution in [-0.2, 0) is 4.74 Å². The molecule has 0 atom stereocenters. The number of halogens is 1. The van der Waals surface area contributed by atoms with Crippen molar-refractivity contribution < 1.29 is 19.4 Å². The van der Waals surface area contributed by atoms with Crippen LogP contribution in [0.3, 0.4) is 0 Å². The minimum atomic E-state index is -1.18. The monoisotopic (exact) mass is 360 g/mol. The molecular weight excluding hydrogens is 344 g/mol. The van der Waals surface area contributed by atoms with E-state index < -0.39 is 11.9 Å². The summed E-state index contributed by atoms with van der Waals surface area (Å²) in [7, 11) is 0. The number of hydrogen-bond donors (Lipinski definition) is 3. The van der Waals surface area contributed by atoms with Crippen molar-refractivity contribution in [2.45, 2.75) is 6.92 Å². The van der Waals surface area contributed by atoms with E-state index in [1.165, 1.54) is 18.2 Å². The van der Waals surface area contributed by atoms with E-state index in [0.29, 0.717) is 23.4 Å². The van der Waals surface area contributed by atoms with Crippen LogP contribution in [0.25, 0.3) is 0 Å². The van der Waals surface area contributed by atoms with Gasteiger partial charge >= 0.3 is 5.97 Å². The number of anilines is 1. The Morgan fingerprint density at radius 3 is 2.40 bits per heavy atom. The summed E-state index contributed by atoms with van der Waals surface area (Å²) < 4.78 is 5.18. The molecule has 130 valence electrons. The average molecular weight is 361 g/mol. The first-order chi connectivity index (χ1) is 11.9. The zero-order valence-corrected chi connectivity index (χ0v) is 14.3. The van der Waals surface area contributed by atoms with Crippen LogP contribution in [0.15, 0.2) is 42.5 Å². The quantitative estimate of drug-likeness (QED) is 0.655. The molecule has 2 aromatic carbocycles. The first kappa shape index (κ1) is 18.6. The number of amides is 1. The SMILES string of the molecule is CCOCC(=N)c1ccc(C(=O)Nc2ccc(Cl)cc2C(=O)O)cc1. The highest BCUT2D eigenvalue weighted by Gasteiger charge is 2.14. The second kappa shape index (κ2) is 8.41. The van der Waals surface area contributed by atoms with Crippen molar-refractivity contribution in [3.63, 3.8) is 0 Å². The fourth-order valence-electron chi connectivity index (χ4n) is 2.11. The predicted molar refractivity (Wildman–Crippen MR) is 96.1 cm³/mol. The molecule has 0 fully saturated rings. The normalized spacial score (nSPS) is 10.3. The number of nitrogens with one attached hydrogen (secondary N) is 2. The maximum Gasteiger partial charge on any atom is 0.337 e. The molecule has 0 aromatic heterocycles. The summed E-state index contributed by atoms with van der Waals surface area (Å²) in [5, 5.41) is 19.9. The van der Waals surface area contributed by atoms with Crippen LogP contribution >= 0.6 is 11.6 Å². The standard InChI is InChI=1S/C18H17ClN2O4/c1-2-25-10-15(20)11-3-5-12(6-4-11)17(22)21-16-8-7-13(19)9-14(16)18(23)24/h3-9,20H,2,10H2,1H3,(H,21,22)(H,23,24). The lowest BCUT2D eigenvalue weighted by molar-refractivity contribution is 0.0698. The van der Waals surface area contributed by atoms with E-state index in [1.54, 1.807) is 24.3 Å². The minimum Gasteiger partial charge on any atom is -0.478 e. The Labute approximate surface area is 149 Å². The molecule has 0 radical (unpaired) electrons. The van der Waals surface area contributed by atoms with Gasteiger partial charge in [0.25, 0.3) is 5.91 Å². The number of carbonyl (C=O) groups excluding carboxylic acids is 1. The van der Waals surface area contributed by atoms with Crippen molar-refractivity contribution in [1.82, 2.24) is 0 Å². The molecule has 25 heavy (non-hydrogen) atoms. The number of aromatic carboxylic acids is 1. The van der Waals surface area contributed by atoms with Gasteiger partial charge in [-0.1, -0.05) is 23.7 Å². The number of rotatable bonds is 7. The molecular formula is C18H17ClN2O4. The number of hydrogen-bond acceptors (Lipinski definition) is 4. The Morgan fingerprint density at radius 1 is 1.16 bits per heavy atom. The fourth-order valence-corrected chi connectivity index (χ4v) is 2.28. The van der Waals surface area contributed by atoms with Gasteiger partial charge in [-0.3, -0.25) is 4.79 Å². The Hall–Kier alpha value is -2.70. The third-order valence-corrected chi connectivity index (χ3v) is 3.64. The van der Waals surface area contributed by atoms with Gasteiger partial charge < -0.3 is 20.6 Å². The summed E-state index contributed by atoms with van der Waals surface area (Å²) in [4.78, 5) is 23.6. The molecule has 2 rings (SSSR count). The number of carboxylic acids is 1. The zero-order valence-electron chi connectivity index (χ0n) is 13.5. The number of benzene rings is 2. The van der Waals surface area contributed by atoms with Gasteiger partial charge in [0.15, 0.2) is 0 Å². The Morgan fingerprint density at radius 2 is 1.80 bits per heavy atom. The molecule has 0 aliphatic heterocycles. The van der Waals surface area contributed by atoms with Crippen LogP contribution in [0.4, 0.5) is 5.69 Å². The molecule has 6 nitrogen and oxygen atoms in total. The fraction of sp³-hybridized carbons (Fsp3) is 0.167. The van der Waals surface area contributed by atoms with Crippen LogP contribution < -0.4 is 5.32 Å². The van der Waals surface area contributed by atoms with E-state index in [9.17, 15) is 14.7 Å². The van der Waals surface area contributed by atoms with E-state index in [0.717, 1.165) is 0 Å². The highest BCUT2D eigenvalue weighted by molar-refractivity contribution is 6.31. The summed E-state index contributed by atoms with van der Waals surface area (Å²) in [6, 6.07) is 10.7. The summed E-state index contributed by atoms with van der Waals surface area (Å²) in [5.74, 6) is -1.63. The lowest BCUT2D eigenvalue weighted by Gasteiger charge is -2.10. The second-order valence-corrected chi connectivity index (χ2v) is 5.58. The van der Waals surface area contributed by atoms with Gasteiger partial charge in [-0.05, 0) is 42.8 Å². The van der Waals surface area contributed by atoms with Crippen LogP contribution in [-0.4, -0.2) is 35.9 Å². The molecule has 1 amide bonds. The number of carboxylic acid groups (broad SMARTS) is 1. The second-order valence-electron chi connectivity index (χ2n) is 5.14.